The number of rotatable bonds is 14. The summed E-state index contributed by atoms with van der Waals surface area (Å²) in [4.78, 5) is 69.0. The van der Waals surface area contributed by atoms with E-state index in [2.05, 4.69) is 56.0 Å². The Bertz CT molecular complexity index is 2620. The van der Waals surface area contributed by atoms with Gasteiger partial charge in [0.05, 0.1) is 42.1 Å². The number of carbonyl (C=O) groups excluding carboxylic acids is 4. The van der Waals surface area contributed by atoms with Crippen LogP contribution in [0.3, 0.4) is 0 Å². The molecule has 1 saturated heterocycles. The van der Waals surface area contributed by atoms with Crippen molar-refractivity contribution in [1.29, 1.82) is 0 Å². The van der Waals surface area contributed by atoms with E-state index in [0.717, 1.165) is 60.9 Å². The fourth-order valence-electron chi connectivity index (χ4n) is 10.4. The fraction of sp³-hybridized carbons (Fsp3) is 0.480. The van der Waals surface area contributed by atoms with Crippen LogP contribution in [-0.2, 0) is 29.8 Å². The van der Waals surface area contributed by atoms with Crippen LogP contribution >= 0.6 is 0 Å². The molecule has 2 bridgehead atoms. The van der Waals surface area contributed by atoms with E-state index in [0.29, 0.717) is 52.8 Å². The quantitative estimate of drug-likeness (QED) is 0.0806. The maximum atomic E-state index is 16.6. The van der Waals surface area contributed by atoms with Crippen molar-refractivity contribution in [3.63, 3.8) is 0 Å². The molecule has 3 aromatic carbocycles. The van der Waals surface area contributed by atoms with E-state index in [-0.39, 0.29) is 64.2 Å². The Morgan fingerprint density at radius 2 is 1.57 bits per heavy atom. The molecule has 13 nitrogen and oxygen atoms in total. The smallest absolute Gasteiger partial charge is 0.299 e. The highest BCUT2D eigenvalue weighted by atomic mass is 19.3. The van der Waals surface area contributed by atoms with Crippen molar-refractivity contribution in [3.8, 4) is 33.5 Å². The Morgan fingerprint density at radius 3 is 2.17 bits per heavy atom. The van der Waals surface area contributed by atoms with Crippen molar-refractivity contribution in [2.75, 3.05) is 25.6 Å². The van der Waals surface area contributed by atoms with Gasteiger partial charge in [-0.15, -0.1) is 0 Å². The second-order valence-electron chi connectivity index (χ2n) is 19.0. The number of ether oxygens (including phenoxy) is 1. The Morgan fingerprint density at radius 1 is 0.938 bits per heavy atom. The van der Waals surface area contributed by atoms with Crippen LogP contribution in [-0.4, -0.2) is 87.9 Å². The first-order chi connectivity index (χ1) is 31.0. The first-order valence-electron chi connectivity index (χ1n) is 22.8. The van der Waals surface area contributed by atoms with Crippen LogP contribution < -0.4 is 15.5 Å². The summed E-state index contributed by atoms with van der Waals surface area (Å²) < 4.78 is 37.1. The number of aromatic amines is 2. The SMILES string of the molecule is CCC1(CN(C(=O)C(NC(C)=O)C(C)C)c2ncc(-c3ccc4c(c3)C(F)(F)c3cc(-c5ccc6nc([C@@H]7C8CCC(C8)N7C(=O)C(NC)C(C)C)[nH]c6c5)ccc3-4)[nH]2)CC1.COC=O. The standard InChI is InChI=1S/C48H56F2N8O3.C2H4O2/c1-8-47(17-18-47)24-57(44(60)41(26(4)5)53-27(6)59)46-52-23-39(56-46)30-11-15-34-33-14-10-28(20-35(33)48(49,50)36(34)21-30)29-12-16-37-38(22-29)55-43(54-37)42-31-9-13-32(19-31)58(42)45(61)40(51-7)25(2)3;1-4-2-3/h10-12,14-16,20-23,25-26,31-32,40-42,51H,8-9,13,17-19,24H2,1-7H3,(H,52,56)(H,53,59)(H,54,55);2H,1H3/t31?,32?,40?,41?,42-;/m0./s1. The van der Waals surface area contributed by atoms with Crippen LogP contribution in [0.25, 0.3) is 44.5 Å². The Kier molecular flexibility index (Phi) is 12.5. The molecule has 2 aromatic heterocycles. The van der Waals surface area contributed by atoms with E-state index in [9.17, 15) is 14.4 Å². The van der Waals surface area contributed by atoms with Crippen molar-refractivity contribution < 1.29 is 32.7 Å². The topological polar surface area (TPSA) is 165 Å². The summed E-state index contributed by atoms with van der Waals surface area (Å²) in [6, 6.07) is 15.2. The summed E-state index contributed by atoms with van der Waals surface area (Å²) in [6.45, 7) is 12.2. The minimum Gasteiger partial charge on any atom is -0.471 e. The first kappa shape index (κ1) is 45.6. The van der Waals surface area contributed by atoms with Gasteiger partial charge in [0.15, 0.2) is 0 Å². The number of nitrogens with one attached hydrogen (secondary N) is 4. The molecular formula is C50H60F2N8O5. The van der Waals surface area contributed by atoms with Gasteiger partial charge in [-0.2, -0.15) is 8.78 Å². The van der Waals surface area contributed by atoms with Crippen LogP contribution in [0.4, 0.5) is 14.7 Å². The maximum absolute atomic E-state index is 16.6. The van der Waals surface area contributed by atoms with Gasteiger partial charge in [-0.3, -0.25) is 24.1 Å². The zero-order valence-corrected chi connectivity index (χ0v) is 38.4. The van der Waals surface area contributed by atoms with Crippen LogP contribution in [0, 0.1) is 23.2 Å². The average Bonchev–Trinajstić information content (AvgIpc) is 3.81. The number of nitrogens with zero attached hydrogens (tertiary/aromatic N) is 4. The minimum atomic E-state index is -3.27. The van der Waals surface area contributed by atoms with E-state index < -0.39 is 12.0 Å². The number of benzene rings is 3. The number of H-pyrrole nitrogens is 2. The highest BCUT2D eigenvalue weighted by Crippen LogP contribution is 2.54. The lowest BCUT2D eigenvalue weighted by Crippen LogP contribution is -2.52. The van der Waals surface area contributed by atoms with Crippen LogP contribution in [0.1, 0.15) is 103 Å². The van der Waals surface area contributed by atoms with E-state index >= 15 is 8.78 Å². The van der Waals surface area contributed by atoms with Gasteiger partial charge in [0.2, 0.25) is 17.8 Å². The van der Waals surface area contributed by atoms with Crippen molar-refractivity contribution in [1.82, 2.24) is 35.5 Å². The number of hydrogen-bond donors (Lipinski definition) is 4. The third kappa shape index (κ3) is 8.43. The molecule has 3 fully saturated rings. The third-order valence-electron chi connectivity index (χ3n) is 14.2. The largest absolute Gasteiger partial charge is 0.471 e. The van der Waals surface area contributed by atoms with E-state index in [1.54, 1.807) is 35.4 Å². The monoisotopic (exact) mass is 890 g/mol. The van der Waals surface area contributed by atoms with Crippen LogP contribution in [0.15, 0.2) is 60.8 Å². The molecule has 2 saturated carbocycles. The number of amides is 3. The van der Waals surface area contributed by atoms with Gasteiger partial charge in [-0.25, -0.2) is 9.97 Å². The third-order valence-corrected chi connectivity index (χ3v) is 14.2. The van der Waals surface area contributed by atoms with Crippen molar-refractivity contribution in [2.24, 2.45) is 23.2 Å². The average molecular weight is 891 g/mol. The number of imidazole rings is 2. The molecule has 3 aliphatic carbocycles. The Balaban J connectivity index is 0.00000138. The van der Waals surface area contributed by atoms with Gasteiger partial charge in [-0.05, 0) is 115 Å². The summed E-state index contributed by atoms with van der Waals surface area (Å²) in [5.74, 6) is -2.27. The lowest BCUT2D eigenvalue weighted by molar-refractivity contribution is -0.139. The number of anilines is 1. The normalized spacial score (nSPS) is 20.5. The van der Waals surface area contributed by atoms with E-state index in [1.807, 2.05) is 45.2 Å². The molecule has 65 heavy (non-hydrogen) atoms. The highest BCUT2D eigenvalue weighted by molar-refractivity contribution is 5.98. The molecule has 5 atom stereocenters. The van der Waals surface area contributed by atoms with Crippen molar-refractivity contribution >= 4 is 41.2 Å². The van der Waals surface area contributed by atoms with Gasteiger partial charge in [0, 0.05) is 36.2 Å². The van der Waals surface area contributed by atoms with E-state index in [1.165, 1.54) is 20.1 Å². The maximum Gasteiger partial charge on any atom is 0.299 e. The molecule has 3 amide bonds. The molecule has 0 radical (unpaired) electrons. The lowest BCUT2D eigenvalue weighted by Gasteiger charge is -2.37. The zero-order valence-electron chi connectivity index (χ0n) is 38.4. The Labute approximate surface area is 378 Å². The number of likely N-dealkylation sites (N-methyl/N-ethyl adjacent to an activating group) is 1. The van der Waals surface area contributed by atoms with Gasteiger partial charge in [-0.1, -0.05) is 65.0 Å². The number of alkyl halides is 2. The van der Waals surface area contributed by atoms with Gasteiger partial charge in [0.25, 0.3) is 18.3 Å². The highest BCUT2D eigenvalue weighted by Gasteiger charge is 2.51. The summed E-state index contributed by atoms with van der Waals surface area (Å²) >= 11 is 0. The first-order valence-corrected chi connectivity index (χ1v) is 22.8. The van der Waals surface area contributed by atoms with Gasteiger partial charge < -0.3 is 30.2 Å². The number of halogens is 2. The molecule has 9 rings (SSSR count). The predicted molar refractivity (Wildman–Crippen MR) is 246 cm³/mol. The van der Waals surface area contributed by atoms with Crippen LogP contribution in [0.2, 0.25) is 0 Å². The number of carbonyl (C=O) groups is 4. The van der Waals surface area contributed by atoms with Gasteiger partial charge in [0.1, 0.15) is 11.9 Å². The lowest BCUT2D eigenvalue weighted by atomic mass is 9.95. The number of methoxy groups -OCH3 is 1. The summed E-state index contributed by atoms with van der Waals surface area (Å²) in [5.41, 5.74) is 4.84. The number of hydrogen-bond acceptors (Lipinski definition) is 8. The molecule has 344 valence electrons. The fourth-order valence-corrected chi connectivity index (χ4v) is 10.4. The Hall–Kier alpha value is -5.96. The molecule has 4 N–H and O–H groups in total. The molecule has 4 unspecified atom stereocenters. The molecule has 15 heteroatoms. The predicted octanol–water partition coefficient (Wildman–Crippen LogP) is 8.51. The summed E-state index contributed by atoms with van der Waals surface area (Å²) in [7, 11) is 3.15. The molecule has 3 heterocycles. The number of fused-ring (bicyclic) bond motifs is 6. The number of aromatic nitrogens is 4. The molecular weight excluding hydrogens is 831 g/mol. The summed E-state index contributed by atoms with van der Waals surface area (Å²) in [5, 5.41) is 6.04. The number of piperidine rings is 1. The number of likely N-dealkylation sites (tertiary alicyclic amines) is 1. The summed E-state index contributed by atoms with van der Waals surface area (Å²) in [6.07, 6.45) is 7.51. The van der Waals surface area contributed by atoms with E-state index in [4.69, 9.17) is 9.78 Å². The molecule has 4 aliphatic rings. The second-order valence-corrected chi connectivity index (χ2v) is 19.0. The van der Waals surface area contributed by atoms with Crippen molar-refractivity contribution in [2.45, 2.75) is 110 Å². The molecule has 5 aromatic rings. The molecule has 1 aliphatic heterocycles. The second kappa shape index (κ2) is 17.8. The van der Waals surface area contributed by atoms with Crippen LogP contribution in [0.5, 0.6) is 0 Å². The van der Waals surface area contributed by atoms with Gasteiger partial charge >= 0.3 is 0 Å². The minimum absolute atomic E-state index is 0.0179. The molecule has 0 spiro atoms. The zero-order chi connectivity index (χ0) is 46.5. The van der Waals surface area contributed by atoms with Crippen molar-refractivity contribution in [3.05, 3.63) is 77.7 Å².